The largest absolute Gasteiger partial charge is 0.393 e. The summed E-state index contributed by atoms with van der Waals surface area (Å²) in [6.07, 6.45) is 2.34. The molecule has 1 aromatic carbocycles. The second-order valence-corrected chi connectivity index (χ2v) is 3.68. The highest BCUT2D eigenvalue weighted by Crippen LogP contribution is 2.27. The number of fused-ring (bicyclic) bond motifs is 1. The van der Waals surface area contributed by atoms with E-state index in [4.69, 9.17) is 11.6 Å². The lowest BCUT2D eigenvalue weighted by atomic mass is 9.90. The van der Waals surface area contributed by atoms with Crippen molar-refractivity contribution in [3.8, 4) is 0 Å². The summed E-state index contributed by atoms with van der Waals surface area (Å²) in [5, 5.41) is 10.2. The first kappa shape index (κ1) is 8.09. The van der Waals surface area contributed by atoms with Crippen LogP contribution in [0.1, 0.15) is 17.5 Å². The molecule has 0 aliphatic heterocycles. The van der Waals surface area contributed by atoms with Gasteiger partial charge in [-0.1, -0.05) is 23.7 Å². The van der Waals surface area contributed by atoms with Gasteiger partial charge >= 0.3 is 0 Å². The van der Waals surface area contributed by atoms with Gasteiger partial charge in [-0.25, -0.2) is 0 Å². The smallest absolute Gasteiger partial charge is 0.0584 e. The van der Waals surface area contributed by atoms with Crippen molar-refractivity contribution in [2.24, 2.45) is 0 Å². The molecule has 0 fully saturated rings. The van der Waals surface area contributed by atoms with Crippen LogP contribution in [0, 0.1) is 0 Å². The van der Waals surface area contributed by atoms with E-state index in [1.54, 1.807) is 0 Å². The van der Waals surface area contributed by atoms with Crippen molar-refractivity contribution in [3.63, 3.8) is 0 Å². The topological polar surface area (TPSA) is 20.2 Å². The van der Waals surface area contributed by atoms with Gasteiger partial charge in [0.15, 0.2) is 0 Å². The minimum atomic E-state index is -0.197. The maximum Gasteiger partial charge on any atom is 0.0584 e. The number of hydrogen-bond donors (Lipinski definition) is 1. The zero-order chi connectivity index (χ0) is 8.55. The standard InChI is InChI=1S/C10H11ClO/c11-10-3-1-2-7-4-5-8(12)6-9(7)10/h1-3,8,12H,4-6H2/t8-/m1/s1. The van der Waals surface area contributed by atoms with Crippen molar-refractivity contribution in [1.82, 2.24) is 0 Å². The summed E-state index contributed by atoms with van der Waals surface area (Å²) < 4.78 is 0. The van der Waals surface area contributed by atoms with Crippen LogP contribution in [0.15, 0.2) is 18.2 Å². The Balaban J connectivity index is 2.43. The Morgan fingerprint density at radius 3 is 3.08 bits per heavy atom. The summed E-state index contributed by atoms with van der Waals surface area (Å²) in [5.74, 6) is 0. The number of hydrogen-bond acceptors (Lipinski definition) is 1. The van der Waals surface area contributed by atoms with Crippen molar-refractivity contribution in [1.29, 1.82) is 0 Å². The van der Waals surface area contributed by atoms with Gasteiger partial charge in [0.05, 0.1) is 6.10 Å². The van der Waals surface area contributed by atoms with E-state index in [2.05, 4.69) is 6.07 Å². The average molecular weight is 183 g/mol. The quantitative estimate of drug-likeness (QED) is 0.652. The van der Waals surface area contributed by atoms with Gasteiger partial charge in [0, 0.05) is 11.4 Å². The third kappa shape index (κ3) is 1.35. The average Bonchev–Trinajstić information content (AvgIpc) is 2.07. The molecule has 2 heteroatoms. The Labute approximate surface area is 77.0 Å². The van der Waals surface area contributed by atoms with Crippen LogP contribution in [0.3, 0.4) is 0 Å². The Morgan fingerprint density at radius 1 is 1.42 bits per heavy atom. The summed E-state index contributed by atoms with van der Waals surface area (Å²) in [6, 6.07) is 5.95. The number of benzene rings is 1. The molecular formula is C10H11ClO. The van der Waals surface area contributed by atoms with Gasteiger partial charge in [-0.15, -0.1) is 0 Å². The summed E-state index contributed by atoms with van der Waals surface area (Å²) in [6.45, 7) is 0. The van der Waals surface area contributed by atoms with Gasteiger partial charge in [0.25, 0.3) is 0 Å². The van der Waals surface area contributed by atoms with E-state index in [-0.39, 0.29) is 6.10 Å². The SMILES string of the molecule is O[C@@H]1CCc2cccc(Cl)c2C1. The monoisotopic (exact) mass is 182 g/mol. The molecule has 0 aromatic heterocycles. The van der Waals surface area contributed by atoms with Crippen LogP contribution in [-0.2, 0) is 12.8 Å². The van der Waals surface area contributed by atoms with E-state index in [9.17, 15) is 5.11 Å². The number of aliphatic hydroxyl groups is 1. The van der Waals surface area contributed by atoms with E-state index in [1.165, 1.54) is 5.56 Å². The predicted octanol–water partition coefficient (Wildman–Crippen LogP) is 2.19. The molecule has 0 saturated carbocycles. The van der Waals surface area contributed by atoms with Gasteiger partial charge < -0.3 is 5.11 Å². The van der Waals surface area contributed by atoms with E-state index in [1.807, 2.05) is 12.1 Å². The molecule has 1 aromatic rings. The van der Waals surface area contributed by atoms with Gasteiger partial charge in [0.1, 0.15) is 0 Å². The molecule has 0 heterocycles. The van der Waals surface area contributed by atoms with Gasteiger partial charge in [0.2, 0.25) is 0 Å². The summed E-state index contributed by atoms with van der Waals surface area (Å²) in [4.78, 5) is 0. The Hall–Kier alpha value is -0.530. The van der Waals surface area contributed by atoms with Gasteiger partial charge in [-0.2, -0.15) is 0 Å². The first-order valence-corrected chi connectivity index (χ1v) is 4.59. The molecule has 0 amide bonds. The normalized spacial score (nSPS) is 22.0. The fraction of sp³-hybridized carbons (Fsp3) is 0.400. The first-order valence-electron chi connectivity index (χ1n) is 4.21. The van der Waals surface area contributed by atoms with E-state index < -0.39 is 0 Å². The van der Waals surface area contributed by atoms with Gasteiger partial charge in [-0.3, -0.25) is 0 Å². The Morgan fingerprint density at radius 2 is 2.25 bits per heavy atom. The third-order valence-electron chi connectivity index (χ3n) is 2.40. The number of halogens is 1. The van der Waals surface area contributed by atoms with Crippen LogP contribution in [-0.4, -0.2) is 11.2 Å². The first-order chi connectivity index (χ1) is 5.77. The molecule has 1 N–H and O–H groups in total. The highest BCUT2D eigenvalue weighted by molar-refractivity contribution is 6.31. The van der Waals surface area contributed by atoms with Crippen molar-refractivity contribution in [2.75, 3.05) is 0 Å². The number of aryl methyl sites for hydroxylation is 1. The van der Waals surface area contributed by atoms with Crippen LogP contribution in [0.25, 0.3) is 0 Å². The zero-order valence-corrected chi connectivity index (χ0v) is 7.51. The molecule has 12 heavy (non-hydrogen) atoms. The lowest BCUT2D eigenvalue weighted by Gasteiger charge is -2.21. The van der Waals surface area contributed by atoms with Crippen molar-refractivity contribution in [3.05, 3.63) is 34.3 Å². The molecule has 1 atom stereocenters. The summed E-state index contributed by atoms with van der Waals surface area (Å²) in [7, 11) is 0. The van der Waals surface area contributed by atoms with Crippen LogP contribution >= 0.6 is 11.6 Å². The van der Waals surface area contributed by atoms with Crippen molar-refractivity contribution < 1.29 is 5.11 Å². The zero-order valence-electron chi connectivity index (χ0n) is 6.76. The van der Waals surface area contributed by atoms with Crippen LogP contribution < -0.4 is 0 Å². The summed E-state index contributed by atoms with van der Waals surface area (Å²) >= 11 is 6.00. The number of aliphatic hydroxyl groups excluding tert-OH is 1. The molecular weight excluding hydrogens is 172 g/mol. The fourth-order valence-electron chi connectivity index (χ4n) is 1.73. The molecule has 64 valence electrons. The minimum Gasteiger partial charge on any atom is -0.393 e. The molecule has 2 rings (SSSR count). The maximum absolute atomic E-state index is 9.42. The summed E-state index contributed by atoms with van der Waals surface area (Å²) in [5.41, 5.74) is 2.44. The lowest BCUT2D eigenvalue weighted by Crippen LogP contribution is -2.18. The second-order valence-electron chi connectivity index (χ2n) is 3.27. The van der Waals surface area contributed by atoms with Crippen molar-refractivity contribution >= 4 is 11.6 Å². The molecule has 0 unspecified atom stereocenters. The van der Waals surface area contributed by atoms with Gasteiger partial charge in [-0.05, 0) is 30.0 Å². The molecule has 0 radical (unpaired) electrons. The van der Waals surface area contributed by atoms with E-state index in [0.29, 0.717) is 0 Å². The molecule has 1 aliphatic rings. The second kappa shape index (κ2) is 3.08. The molecule has 0 spiro atoms. The Kier molecular flexibility index (Phi) is 2.07. The van der Waals surface area contributed by atoms with Crippen LogP contribution in [0.4, 0.5) is 0 Å². The third-order valence-corrected chi connectivity index (χ3v) is 2.76. The van der Waals surface area contributed by atoms with E-state index in [0.717, 1.165) is 29.8 Å². The fourth-order valence-corrected chi connectivity index (χ4v) is 2.00. The van der Waals surface area contributed by atoms with Crippen molar-refractivity contribution in [2.45, 2.75) is 25.4 Å². The maximum atomic E-state index is 9.42. The Bertz CT molecular complexity index is 296. The molecule has 1 nitrogen and oxygen atoms in total. The lowest BCUT2D eigenvalue weighted by molar-refractivity contribution is 0.158. The van der Waals surface area contributed by atoms with Crippen LogP contribution in [0.2, 0.25) is 5.02 Å². The molecule has 0 bridgehead atoms. The minimum absolute atomic E-state index is 0.197. The predicted molar refractivity (Wildman–Crippen MR) is 49.5 cm³/mol. The highest BCUT2D eigenvalue weighted by atomic mass is 35.5. The highest BCUT2D eigenvalue weighted by Gasteiger charge is 2.17. The molecule has 1 aliphatic carbocycles. The number of rotatable bonds is 0. The van der Waals surface area contributed by atoms with E-state index >= 15 is 0 Å². The van der Waals surface area contributed by atoms with Crippen LogP contribution in [0.5, 0.6) is 0 Å². The molecule has 0 saturated heterocycles.